The maximum atomic E-state index is 12.8. The van der Waals surface area contributed by atoms with E-state index < -0.39 is 0 Å². The number of aryl methyl sites for hydroxylation is 1. The smallest absolute Gasteiger partial charge is 0.271 e. The van der Waals surface area contributed by atoms with E-state index in [4.69, 9.17) is 11.6 Å². The largest absolute Gasteiger partial charge is 0.294 e. The third kappa shape index (κ3) is 3.11. The van der Waals surface area contributed by atoms with E-state index in [1.807, 2.05) is 35.7 Å². The fourth-order valence-corrected chi connectivity index (χ4v) is 3.96. The molecule has 3 nitrogen and oxygen atoms in total. The minimum Gasteiger partial charge on any atom is -0.294 e. The Kier molecular flexibility index (Phi) is 4.15. The first-order chi connectivity index (χ1) is 12.1. The van der Waals surface area contributed by atoms with E-state index in [-0.39, 0.29) is 5.56 Å². The maximum Gasteiger partial charge on any atom is 0.271 e. The summed E-state index contributed by atoms with van der Waals surface area (Å²) < 4.78 is 2.33. The predicted octanol–water partition coefficient (Wildman–Crippen LogP) is 5.14. The Morgan fingerprint density at radius 2 is 1.96 bits per heavy atom. The van der Waals surface area contributed by atoms with E-state index >= 15 is 0 Å². The highest BCUT2D eigenvalue weighted by atomic mass is 35.5. The van der Waals surface area contributed by atoms with Gasteiger partial charge in [-0.25, -0.2) is 4.98 Å². The van der Waals surface area contributed by atoms with Gasteiger partial charge in [-0.05, 0) is 30.2 Å². The van der Waals surface area contributed by atoms with Gasteiger partial charge in [0.1, 0.15) is 4.70 Å². The summed E-state index contributed by atoms with van der Waals surface area (Å²) in [5.41, 5.74) is 5.07. The molecule has 0 fully saturated rings. The van der Waals surface area contributed by atoms with Crippen molar-refractivity contribution in [1.29, 1.82) is 0 Å². The Morgan fingerprint density at radius 3 is 2.72 bits per heavy atom. The zero-order valence-electron chi connectivity index (χ0n) is 13.6. The van der Waals surface area contributed by atoms with E-state index in [9.17, 15) is 4.79 Å². The Labute approximate surface area is 154 Å². The fraction of sp³-hybridized carbons (Fsp3) is 0.100. The number of thiophene rings is 1. The molecule has 2 heterocycles. The maximum absolute atomic E-state index is 12.8. The zero-order chi connectivity index (χ0) is 17.4. The Morgan fingerprint density at radius 1 is 1.16 bits per heavy atom. The van der Waals surface area contributed by atoms with E-state index in [1.165, 1.54) is 16.9 Å². The highest BCUT2D eigenvalue weighted by Gasteiger charge is 2.12. The van der Waals surface area contributed by atoms with Gasteiger partial charge in [0, 0.05) is 16.0 Å². The summed E-state index contributed by atoms with van der Waals surface area (Å²) >= 11 is 7.37. The molecule has 0 aliphatic heterocycles. The van der Waals surface area contributed by atoms with Gasteiger partial charge in [0.2, 0.25) is 0 Å². The molecular weight excluding hydrogens is 352 g/mol. The SMILES string of the molecule is Cc1cccc(-c2csc3c(=O)n(Cc4ccc(Cl)cc4)cnc23)c1. The van der Waals surface area contributed by atoms with Gasteiger partial charge in [-0.1, -0.05) is 53.6 Å². The summed E-state index contributed by atoms with van der Waals surface area (Å²) in [6.45, 7) is 2.54. The molecule has 0 unspecified atom stereocenters. The highest BCUT2D eigenvalue weighted by molar-refractivity contribution is 7.17. The van der Waals surface area contributed by atoms with Crippen molar-refractivity contribution in [3.63, 3.8) is 0 Å². The quantitative estimate of drug-likeness (QED) is 0.503. The predicted molar refractivity (Wildman–Crippen MR) is 105 cm³/mol. The highest BCUT2D eigenvalue weighted by Crippen LogP contribution is 2.31. The molecule has 0 amide bonds. The number of halogens is 1. The molecule has 2 aromatic heterocycles. The van der Waals surface area contributed by atoms with Gasteiger partial charge < -0.3 is 0 Å². The van der Waals surface area contributed by atoms with Gasteiger partial charge in [0.05, 0.1) is 18.4 Å². The first-order valence-corrected chi connectivity index (χ1v) is 9.16. The second kappa shape index (κ2) is 6.47. The van der Waals surface area contributed by atoms with Crippen LogP contribution in [0.4, 0.5) is 0 Å². The number of benzene rings is 2. The van der Waals surface area contributed by atoms with Crippen LogP contribution in [0.15, 0.2) is 65.0 Å². The average Bonchev–Trinajstić information content (AvgIpc) is 3.04. The number of fused-ring (bicyclic) bond motifs is 1. The van der Waals surface area contributed by atoms with Gasteiger partial charge in [0.25, 0.3) is 5.56 Å². The molecular formula is C20H15ClN2OS. The van der Waals surface area contributed by atoms with Crippen LogP contribution in [-0.4, -0.2) is 9.55 Å². The van der Waals surface area contributed by atoms with Crippen LogP contribution in [-0.2, 0) is 6.54 Å². The van der Waals surface area contributed by atoms with Crippen molar-refractivity contribution in [2.24, 2.45) is 0 Å². The lowest BCUT2D eigenvalue weighted by atomic mass is 10.1. The molecule has 5 heteroatoms. The van der Waals surface area contributed by atoms with Crippen LogP contribution < -0.4 is 5.56 Å². The summed E-state index contributed by atoms with van der Waals surface area (Å²) in [4.78, 5) is 17.4. The van der Waals surface area contributed by atoms with Gasteiger partial charge in [-0.15, -0.1) is 11.3 Å². The topological polar surface area (TPSA) is 34.9 Å². The average molecular weight is 367 g/mol. The molecule has 0 spiro atoms. The van der Waals surface area contributed by atoms with E-state index in [2.05, 4.69) is 30.1 Å². The summed E-state index contributed by atoms with van der Waals surface area (Å²) in [6.07, 6.45) is 1.63. The molecule has 0 saturated heterocycles. The molecule has 0 aliphatic rings. The molecule has 124 valence electrons. The minimum absolute atomic E-state index is 0.0103. The van der Waals surface area contributed by atoms with Gasteiger partial charge in [-0.3, -0.25) is 9.36 Å². The number of hydrogen-bond donors (Lipinski definition) is 0. The summed E-state index contributed by atoms with van der Waals surface area (Å²) in [5.74, 6) is 0. The first kappa shape index (κ1) is 16.1. The third-order valence-electron chi connectivity index (χ3n) is 4.14. The standard InChI is InChI=1S/C20H15ClN2OS/c1-13-3-2-4-15(9-13)17-11-25-19-18(17)22-12-23(20(19)24)10-14-5-7-16(21)8-6-14/h2-9,11-12H,10H2,1H3. The molecule has 4 aromatic rings. The molecule has 25 heavy (non-hydrogen) atoms. The van der Waals surface area contributed by atoms with Gasteiger partial charge in [0.15, 0.2) is 0 Å². The van der Waals surface area contributed by atoms with Gasteiger partial charge >= 0.3 is 0 Å². The summed E-state index contributed by atoms with van der Waals surface area (Å²) in [6, 6.07) is 15.7. The van der Waals surface area contributed by atoms with Crippen molar-refractivity contribution >= 4 is 33.2 Å². The summed E-state index contributed by atoms with van der Waals surface area (Å²) in [7, 11) is 0. The first-order valence-electron chi connectivity index (χ1n) is 7.90. The number of aromatic nitrogens is 2. The van der Waals surface area contributed by atoms with Crippen LogP contribution in [0, 0.1) is 6.92 Å². The van der Waals surface area contributed by atoms with Crippen molar-refractivity contribution in [1.82, 2.24) is 9.55 Å². The van der Waals surface area contributed by atoms with Crippen LogP contribution in [0.25, 0.3) is 21.3 Å². The lowest BCUT2D eigenvalue weighted by Crippen LogP contribution is -2.20. The van der Waals surface area contributed by atoms with E-state index in [0.29, 0.717) is 16.3 Å². The zero-order valence-corrected chi connectivity index (χ0v) is 15.1. The number of rotatable bonds is 3. The Bertz CT molecular complexity index is 1110. The number of hydrogen-bond acceptors (Lipinski definition) is 3. The molecule has 0 atom stereocenters. The van der Waals surface area contributed by atoms with Crippen molar-refractivity contribution in [3.8, 4) is 11.1 Å². The lowest BCUT2D eigenvalue weighted by molar-refractivity contribution is 0.750. The monoisotopic (exact) mass is 366 g/mol. The van der Waals surface area contributed by atoms with Crippen LogP contribution in [0.1, 0.15) is 11.1 Å². The third-order valence-corrected chi connectivity index (χ3v) is 5.35. The minimum atomic E-state index is -0.0103. The number of nitrogens with zero attached hydrogens (tertiary/aromatic N) is 2. The second-order valence-corrected chi connectivity index (χ2v) is 7.32. The van der Waals surface area contributed by atoms with Crippen molar-refractivity contribution < 1.29 is 0 Å². The Balaban J connectivity index is 1.77. The molecule has 0 aliphatic carbocycles. The van der Waals surface area contributed by atoms with Crippen LogP contribution in [0.5, 0.6) is 0 Å². The molecule has 0 N–H and O–H groups in total. The van der Waals surface area contributed by atoms with Crippen LogP contribution >= 0.6 is 22.9 Å². The second-order valence-electron chi connectivity index (χ2n) is 6.00. The van der Waals surface area contributed by atoms with Crippen LogP contribution in [0.3, 0.4) is 0 Å². The Hall–Kier alpha value is -2.43. The van der Waals surface area contributed by atoms with Crippen molar-refractivity contribution in [2.75, 3.05) is 0 Å². The summed E-state index contributed by atoms with van der Waals surface area (Å²) in [5, 5.41) is 2.70. The molecule has 0 radical (unpaired) electrons. The fourth-order valence-electron chi connectivity index (χ4n) is 2.86. The molecule has 2 aromatic carbocycles. The van der Waals surface area contributed by atoms with E-state index in [1.54, 1.807) is 10.9 Å². The lowest BCUT2D eigenvalue weighted by Gasteiger charge is -2.06. The molecule has 4 rings (SSSR count). The molecule has 0 saturated carbocycles. The van der Waals surface area contributed by atoms with Gasteiger partial charge in [-0.2, -0.15) is 0 Å². The van der Waals surface area contributed by atoms with Crippen molar-refractivity contribution in [2.45, 2.75) is 13.5 Å². The normalized spacial score (nSPS) is 11.1. The van der Waals surface area contributed by atoms with Crippen LogP contribution in [0.2, 0.25) is 5.02 Å². The molecule has 0 bridgehead atoms. The van der Waals surface area contributed by atoms with E-state index in [0.717, 1.165) is 22.2 Å². The van der Waals surface area contributed by atoms with Crippen molar-refractivity contribution in [3.05, 3.63) is 86.7 Å².